The molecule has 0 bridgehead atoms. The fourth-order valence-corrected chi connectivity index (χ4v) is 3.90. The Morgan fingerprint density at radius 2 is 1.83 bits per heavy atom. The van der Waals surface area contributed by atoms with Gasteiger partial charge in [0, 0.05) is 6.54 Å². The maximum absolute atomic E-state index is 13.4. The first-order valence-electron chi connectivity index (χ1n) is 9.37. The summed E-state index contributed by atoms with van der Waals surface area (Å²) in [6, 6.07) is 17.3. The van der Waals surface area contributed by atoms with E-state index < -0.39 is 0 Å². The van der Waals surface area contributed by atoms with Gasteiger partial charge in [0.1, 0.15) is 18.0 Å². The largest absolute Gasteiger partial charge is 0.332 e. The number of amidine groups is 1. The third-order valence-corrected chi connectivity index (χ3v) is 5.24. The number of aromatic nitrogens is 5. The van der Waals surface area contributed by atoms with Gasteiger partial charge in [-0.25, -0.2) is 14.2 Å². The van der Waals surface area contributed by atoms with Crippen molar-refractivity contribution >= 4 is 28.7 Å². The molecule has 0 atom stereocenters. The summed E-state index contributed by atoms with van der Waals surface area (Å²) in [5.41, 5.74) is 3.38. The SMILES string of the molecule is O=C1N2CCN=C2c2cnn(-c3ccccc3)c2N1Cn1nnc2ccccc21. The summed E-state index contributed by atoms with van der Waals surface area (Å²) < 4.78 is 3.52. The second kappa shape index (κ2) is 5.99. The van der Waals surface area contributed by atoms with Crippen molar-refractivity contribution < 1.29 is 4.79 Å². The van der Waals surface area contributed by atoms with Crippen molar-refractivity contribution in [2.24, 2.45) is 4.99 Å². The third-order valence-electron chi connectivity index (χ3n) is 5.24. The number of rotatable bonds is 3. The average Bonchev–Trinajstić information content (AvgIpc) is 3.49. The number of fused-ring (bicyclic) bond motifs is 4. The zero-order valence-electron chi connectivity index (χ0n) is 15.4. The summed E-state index contributed by atoms with van der Waals surface area (Å²) in [7, 11) is 0. The van der Waals surface area contributed by atoms with Crippen LogP contribution in [0, 0.1) is 0 Å². The van der Waals surface area contributed by atoms with Gasteiger partial charge in [-0.15, -0.1) is 5.10 Å². The zero-order valence-corrected chi connectivity index (χ0v) is 15.4. The van der Waals surface area contributed by atoms with E-state index in [1.165, 1.54) is 0 Å². The van der Waals surface area contributed by atoms with Crippen molar-refractivity contribution in [3.8, 4) is 5.69 Å². The standard InChI is InChI=1S/C20H16N8O/c29-20-25-11-10-21-18(25)15-12-22-28(14-6-2-1-3-7-14)19(15)26(20)13-27-17-9-5-4-8-16(17)23-24-27/h1-9,12H,10-11,13H2. The van der Waals surface area contributed by atoms with Crippen LogP contribution in [0.15, 0.2) is 65.8 Å². The second-order valence-corrected chi connectivity index (χ2v) is 6.92. The predicted molar refractivity (Wildman–Crippen MR) is 107 cm³/mol. The fraction of sp³-hybridized carbons (Fsp3) is 0.150. The molecule has 0 saturated carbocycles. The normalized spacial score (nSPS) is 15.6. The molecule has 2 amide bonds. The van der Waals surface area contributed by atoms with Crippen LogP contribution in [-0.4, -0.2) is 54.6 Å². The Hall–Kier alpha value is -4.01. The highest BCUT2D eigenvalue weighted by molar-refractivity contribution is 6.19. The van der Waals surface area contributed by atoms with Crippen LogP contribution in [0.25, 0.3) is 16.7 Å². The highest BCUT2D eigenvalue weighted by atomic mass is 16.2. The maximum atomic E-state index is 13.4. The number of hydrogen-bond acceptors (Lipinski definition) is 5. The van der Waals surface area contributed by atoms with Crippen LogP contribution in [0.3, 0.4) is 0 Å². The molecule has 4 heterocycles. The molecule has 0 aliphatic carbocycles. The number of anilines is 1. The number of nitrogens with zero attached hydrogens (tertiary/aromatic N) is 8. The van der Waals surface area contributed by atoms with Crippen LogP contribution in [0.4, 0.5) is 10.6 Å². The number of carbonyl (C=O) groups is 1. The van der Waals surface area contributed by atoms with E-state index in [0.29, 0.717) is 24.7 Å². The molecule has 0 fully saturated rings. The van der Waals surface area contributed by atoms with Crippen molar-refractivity contribution in [3.63, 3.8) is 0 Å². The molecule has 0 saturated heterocycles. The molecule has 0 radical (unpaired) electrons. The monoisotopic (exact) mass is 384 g/mol. The minimum absolute atomic E-state index is 0.133. The van der Waals surface area contributed by atoms with Crippen LogP contribution in [0.5, 0.6) is 0 Å². The number of hydrogen-bond donors (Lipinski definition) is 0. The zero-order chi connectivity index (χ0) is 19.4. The molecule has 2 aliphatic rings. The van der Waals surface area contributed by atoms with E-state index in [0.717, 1.165) is 22.3 Å². The molecule has 2 aromatic heterocycles. The van der Waals surface area contributed by atoms with Gasteiger partial charge in [0.15, 0.2) is 5.82 Å². The summed E-state index contributed by atoms with van der Waals surface area (Å²) in [5.74, 6) is 1.38. The summed E-state index contributed by atoms with van der Waals surface area (Å²) in [6.07, 6.45) is 1.78. The number of benzene rings is 2. The molecule has 2 aromatic carbocycles. The van der Waals surface area contributed by atoms with E-state index in [1.54, 1.807) is 25.4 Å². The molecule has 9 nitrogen and oxygen atoms in total. The predicted octanol–water partition coefficient (Wildman–Crippen LogP) is 2.28. The Bertz CT molecular complexity index is 1270. The van der Waals surface area contributed by atoms with Gasteiger partial charge in [-0.3, -0.25) is 14.8 Å². The van der Waals surface area contributed by atoms with E-state index in [1.807, 2.05) is 54.6 Å². The Morgan fingerprint density at radius 1 is 1.00 bits per heavy atom. The number of para-hydroxylation sites is 2. The quantitative estimate of drug-likeness (QED) is 0.542. The molecular weight excluding hydrogens is 368 g/mol. The first-order valence-corrected chi connectivity index (χ1v) is 9.37. The number of aliphatic imine (C=N–C) groups is 1. The first kappa shape index (κ1) is 16.0. The summed E-state index contributed by atoms with van der Waals surface area (Å²) in [6.45, 7) is 1.39. The molecule has 0 spiro atoms. The highest BCUT2D eigenvalue weighted by Crippen LogP contribution is 2.33. The average molecular weight is 384 g/mol. The molecule has 4 aromatic rings. The van der Waals surface area contributed by atoms with Crippen LogP contribution in [0.2, 0.25) is 0 Å². The topological polar surface area (TPSA) is 84.4 Å². The molecular formula is C20H16N8O. The number of carbonyl (C=O) groups excluding carboxylic acids is 1. The lowest BCUT2D eigenvalue weighted by Crippen LogP contribution is -2.50. The van der Waals surface area contributed by atoms with Crippen LogP contribution >= 0.6 is 0 Å². The number of urea groups is 1. The lowest BCUT2D eigenvalue weighted by molar-refractivity contribution is 0.226. The molecule has 29 heavy (non-hydrogen) atoms. The first-order chi connectivity index (χ1) is 14.3. The Labute approximate surface area is 165 Å². The summed E-state index contributed by atoms with van der Waals surface area (Å²) >= 11 is 0. The molecule has 9 heteroatoms. The third kappa shape index (κ3) is 2.30. The molecule has 6 rings (SSSR count). The Morgan fingerprint density at radius 3 is 2.72 bits per heavy atom. The van der Waals surface area contributed by atoms with Gasteiger partial charge < -0.3 is 0 Å². The van der Waals surface area contributed by atoms with Crippen molar-refractivity contribution in [2.75, 3.05) is 18.0 Å². The van der Waals surface area contributed by atoms with Gasteiger partial charge in [-0.2, -0.15) is 5.10 Å². The lowest BCUT2D eigenvalue weighted by Gasteiger charge is -2.33. The lowest BCUT2D eigenvalue weighted by atomic mass is 10.2. The van der Waals surface area contributed by atoms with E-state index in [2.05, 4.69) is 20.4 Å². The van der Waals surface area contributed by atoms with Crippen molar-refractivity contribution in [2.45, 2.75) is 6.67 Å². The van der Waals surface area contributed by atoms with Crippen molar-refractivity contribution in [1.82, 2.24) is 29.7 Å². The van der Waals surface area contributed by atoms with E-state index in [-0.39, 0.29) is 12.7 Å². The summed E-state index contributed by atoms with van der Waals surface area (Å²) in [4.78, 5) is 21.3. The Kier molecular flexibility index (Phi) is 3.31. The molecule has 0 N–H and O–H groups in total. The van der Waals surface area contributed by atoms with Gasteiger partial charge in [-0.1, -0.05) is 35.5 Å². The highest BCUT2D eigenvalue weighted by Gasteiger charge is 2.40. The van der Waals surface area contributed by atoms with Gasteiger partial charge in [0.05, 0.1) is 29.5 Å². The van der Waals surface area contributed by atoms with E-state index >= 15 is 0 Å². The van der Waals surface area contributed by atoms with E-state index in [4.69, 9.17) is 0 Å². The van der Waals surface area contributed by atoms with Gasteiger partial charge in [-0.05, 0) is 24.3 Å². The minimum atomic E-state index is -0.133. The van der Waals surface area contributed by atoms with Crippen LogP contribution in [-0.2, 0) is 6.67 Å². The van der Waals surface area contributed by atoms with Crippen molar-refractivity contribution in [1.29, 1.82) is 0 Å². The van der Waals surface area contributed by atoms with Crippen LogP contribution in [0.1, 0.15) is 5.56 Å². The Balaban J connectivity index is 1.52. The maximum Gasteiger partial charge on any atom is 0.332 e. The number of amides is 2. The molecule has 0 unspecified atom stereocenters. The van der Waals surface area contributed by atoms with Gasteiger partial charge in [0.25, 0.3) is 0 Å². The summed E-state index contributed by atoms with van der Waals surface area (Å²) in [5, 5.41) is 13.1. The van der Waals surface area contributed by atoms with Crippen molar-refractivity contribution in [3.05, 3.63) is 66.4 Å². The van der Waals surface area contributed by atoms with Crippen LogP contribution < -0.4 is 4.90 Å². The minimum Gasteiger partial charge on any atom is -0.276 e. The molecule has 2 aliphatic heterocycles. The molecule has 142 valence electrons. The smallest absolute Gasteiger partial charge is 0.276 e. The van der Waals surface area contributed by atoms with E-state index in [9.17, 15) is 4.79 Å². The fourth-order valence-electron chi connectivity index (χ4n) is 3.90. The van der Waals surface area contributed by atoms with Gasteiger partial charge >= 0.3 is 6.03 Å². The van der Waals surface area contributed by atoms with Gasteiger partial charge in [0.2, 0.25) is 0 Å². The second-order valence-electron chi connectivity index (χ2n) is 6.92.